The molecule has 0 aliphatic heterocycles. The van der Waals surface area contributed by atoms with Gasteiger partial charge in [0.15, 0.2) is 0 Å². The van der Waals surface area contributed by atoms with Gasteiger partial charge in [0.05, 0.1) is 4.92 Å². The van der Waals surface area contributed by atoms with Gasteiger partial charge in [0, 0.05) is 0 Å². The molecule has 0 fully saturated rings. The number of nitro groups is 1. The van der Waals surface area contributed by atoms with Crippen molar-refractivity contribution in [2.75, 3.05) is 0 Å². The number of halogens is 5. The highest BCUT2D eigenvalue weighted by atomic mass is 32.1. The van der Waals surface area contributed by atoms with Crippen molar-refractivity contribution in [1.29, 1.82) is 0 Å². The van der Waals surface area contributed by atoms with Crippen LogP contribution in [-0.4, -0.2) is 4.92 Å². The monoisotopic (exact) mass is 247 g/mol. The SMILES string of the molecule is O=[N+]([O-])c1c(F)c(F)c(F)c(F)c1F.S. The van der Waals surface area contributed by atoms with Crippen LogP contribution in [0.2, 0.25) is 0 Å². The van der Waals surface area contributed by atoms with E-state index in [1.807, 2.05) is 0 Å². The highest BCUT2D eigenvalue weighted by Gasteiger charge is 2.33. The average Bonchev–Trinajstić information content (AvgIpc) is 2.11. The van der Waals surface area contributed by atoms with Crippen LogP contribution in [0.15, 0.2) is 0 Å². The molecule has 0 aromatic heterocycles. The molecule has 1 rings (SSSR count). The van der Waals surface area contributed by atoms with Gasteiger partial charge < -0.3 is 0 Å². The van der Waals surface area contributed by atoms with Crippen molar-refractivity contribution in [2.24, 2.45) is 0 Å². The molecule has 0 aliphatic carbocycles. The van der Waals surface area contributed by atoms with Crippen molar-refractivity contribution < 1.29 is 26.9 Å². The van der Waals surface area contributed by atoms with E-state index < -0.39 is 39.7 Å². The molecule has 1 aromatic carbocycles. The lowest BCUT2D eigenvalue weighted by Gasteiger charge is -2.00. The van der Waals surface area contributed by atoms with Crippen molar-refractivity contribution >= 4 is 19.2 Å². The summed E-state index contributed by atoms with van der Waals surface area (Å²) in [6.45, 7) is 0. The van der Waals surface area contributed by atoms with Crippen LogP contribution < -0.4 is 0 Å². The molecule has 0 amide bonds. The number of rotatable bonds is 1. The molecule has 3 nitrogen and oxygen atoms in total. The first kappa shape index (κ1) is 13.6. The summed E-state index contributed by atoms with van der Waals surface area (Å²) in [7, 11) is 0. The van der Waals surface area contributed by atoms with E-state index in [9.17, 15) is 32.1 Å². The predicted octanol–water partition coefficient (Wildman–Crippen LogP) is 2.40. The molecule has 9 heteroatoms. The Bertz CT molecular complexity index is 395. The minimum Gasteiger partial charge on any atom is -0.258 e. The van der Waals surface area contributed by atoms with Crippen LogP contribution in [0.4, 0.5) is 27.6 Å². The van der Waals surface area contributed by atoms with Crippen molar-refractivity contribution in [3.63, 3.8) is 0 Å². The van der Waals surface area contributed by atoms with Crippen LogP contribution in [0.1, 0.15) is 0 Å². The molecular formula is C6H2F5NO2S. The van der Waals surface area contributed by atoms with Crippen LogP contribution in [0.25, 0.3) is 0 Å². The van der Waals surface area contributed by atoms with Gasteiger partial charge in [-0.2, -0.15) is 22.3 Å². The molecule has 0 heterocycles. The zero-order chi connectivity index (χ0) is 11.0. The Morgan fingerprint density at radius 2 is 1.07 bits per heavy atom. The van der Waals surface area contributed by atoms with Crippen molar-refractivity contribution in [2.45, 2.75) is 0 Å². The maximum atomic E-state index is 12.5. The smallest absolute Gasteiger partial charge is 0.258 e. The predicted molar refractivity (Wildman–Crippen MR) is 43.3 cm³/mol. The minimum atomic E-state index is -2.43. The maximum absolute atomic E-state index is 12.5. The fourth-order valence-corrected chi connectivity index (χ4v) is 0.754. The molecule has 0 atom stereocenters. The first-order chi connectivity index (χ1) is 6.37. The van der Waals surface area contributed by atoms with Crippen molar-refractivity contribution in [1.82, 2.24) is 0 Å². The van der Waals surface area contributed by atoms with Crippen LogP contribution in [0.3, 0.4) is 0 Å². The fraction of sp³-hybridized carbons (Fsp3) is 0. The van der Waals surface area contributed by atoms with E-state index in [0.29, 0.717) is 0 Å². The Morgan fingerprint density at radius 1 is 0.800 bits per heavy atom. The number of hydrogen-bond acceptors (Lipinski definition) is 2. The first-order valence-electron chi connectivity index (χ1n) is 3.03. The van der Waals surface area contributed by atoms with Gasteiger partial charge in [0.2, 0.25) is 29.1 Å². The lowest BCUT2D eigenvalue weighted by Crippen LogP contribution is -2.06. The minimum absolute atomic E-state index is 0. The summed E-state index contributed by atoms with van der Waals surface area (Å²) in [4.78, 5) is 8.24. The Morgan fingerprint density at radius 3 is 1.33 bits per heavy atom. The lowest BCUT2D eigenvalue weighted by atomic mass is 10.2. The topological polar surface area (TPSA) is 43.1 Å². The van der Waals surface area contributed by atoms with Gasteiger partial charge in [-0.3, -0.25) is 10.1 Å². The first-order valence-corrected chi connectivity index (χ1v) is 3.03. The van der Waals surface area contributed by atoms with E-state index in [1.54, 1.807) is 0 Å². The van der Waals surface area contributed by atoms with Gasteiger partial charge in [-0.05, 0) is 0 Å². The van der Waals surface area contributed by atoms with E-state index in [0.717, 1.165) is 0 Å². The Kier molecular flexibility index (Phi) is 4.02. The highest BCUT2D eigenvalue weighted by molar-refractivity contribution is 7.59. The molecule has 0 saturated carbocycles. The molecule has 0 spiro atoms. The molecule has 0 N–H and O–H groups in total. The van der Waals surface area contributed by atoms with Crippen molar-refractivity contribution in [3.05, 3.63) is 39.2 Å². The summed E-state index contributed by atoms with van der Waals surface area (Å²) >= 11 is 0. The van der Waals surface area contributed by atoms with Gasteiger partial charge in [0.1, 0.15) is 0 Å². The van der Waals surface area contributed by atoms with Gasteiger partial charge in [-0.15, -0.1) is 0 Å². The normalized spacial score (nSPS) is 9.67. The number of nitro benzene ring substituents is 1. The summed E-state index contributed by atoms with van der Waals surface area (Å²) in [5.74, 6) is -12.0. The summed E-state index contributed by atoms with van der Waals surface area (Å²) in [6, 6.07) is 0. The molecule has 0 bridgehead atoms. The Balaban J connectivity index is 0.00000196. The summed E-state index contributed by atoms with van der Waals surface area (Å²) in [5, 5.41) is 9.93. The molecule has 0 radical (unpaired) electrons. The summed E-state index contributed by atoms with van der Waals surface area (Å²) in [6.07, 6.45) is 0. The van der Waals surface area contributed by atoms with E-state index >= 15 is 0 Å². The second-order valence-corrected chi connectivity index (χ2v) is 2.18. The van der Waals surface area contributed by atoms with Crippen LogP contribution >= 0.6 is 13.5 Å². The van der Waals surface area contributed by atoms with Crippen molar-refractivity contribution in [3.8, 4) is 0 Å². The number of nitrogens with zero attached hydrogens (tertiary/aromatic N) is 1. The van der Waals surface area contributed by atoms with E-state index in [-0.39, 0.29) is 13.5 Å². The molecule has 15 heavy (non-hydrogen) atoms. The molecular weight excluding hydrogens is 245 g/mol. The quantitative estimate of drug-likeness (QED) is 0.251. The largest absolute Gasteiger partial charge is 0.346 e. The van der Waals surface area contributed by atoms with E-state index in [2.05, 4.69) is 0 Å². The van der Waals surface area contributed by atoms with Gasteiger partial charge in [0.25, 0.3) is 0 Å². The fourth-order valence-electron chi connectivity index (χ4n) is 0.754. The zero-order valence-electron chi connectivity index (χ0n) is 6.65. The number of benzene rings is 1. The molecule has 0 saturated heterocycles. The molecule has 0 unspecified atom stereocenters. The Labute approximate surface area is 86.1 Å². The van der Waals surface area contributed by atoms with Gasteiger partial charge in [-0.25, -0.2) is 13.2 Å². The second-order valence-electron chi connectivity index (χ2n) is 2.18. The third kappa shape index (κ3) is 2.01. The van der Waals surface area contributed by atoms with E-state index in [4.69, 9.17) is 0 Å². The standard InChI is InChI=1S/C6F5NO2.H2S/c7-1-2(8)4(10)6(12(13)14)5(11)3(1)9;/h;1H2. The third-order valence-electron chi connectivity index (χ3n) is 1.37. The summed E-state index contributed by atoms with van der Waals surface area (Å²) < 4.78 is 61.9. The molecule has 1 aromatic rings. The molecule has 84 valence electrons. The molecule has 0 aliphatic rings. The average molecular weight is 247 g/mol. The van der Waals surface area contributed by atoms with Crippen LogP contribution in [-0.2, 0) is 0 Å². The number of hydrogen-bond donors (Lipinski definition) is 0. The van der Waals surface area contributed by atoms with Gasteiger partial charge >= 0.3 is 5.69 Å². The third-order valence-corrected chi connectivity index (χ3v) is 1.37. The Hall–Kier alpha value is -1.38. The second kappa shape index (κ2) is 4.43. The zero-order valence-corrected chi connectivity index (χ0v) is 7.65. The van der Waals surface area contributed by atoms with Crippen LogP contribution in [0.5, 0.6) is 0 Å². The summed E-state index contributed by atoms with van der Waals surface area (Å²) in [5.41, 5.74) is -2.05. The van der Waals surface area contributed by atoms with Gasteiger partial charge in [-0.1, -0.05) is 0 Å². The highest BCUT2D eigenvalue weighted by Crippen LogP contribution is 2.28. The lowest BCUT2D eigenvalue weighted by molar-refractivity contribution is -0.390. The maximum Gasteiger partial charge on any atom is 0.346 e. The van der Waals surface area contributed by atoms with E-state index in [1.165, 1.54) is 0 Å². The van der Waals surface area contributed by atoms with Crippen LogP contribution in [0, 0.1) is 39.2 Å².